The Morgan fingerprint density at radius 2 is 1.81 bits per heavy atom. The molecule has 0 spiro atoms. The zero-order chi connectivity index (χ0) is 15.4. The van der Waals surface area contributed by atoms with Gasteiger partial charge in [-0.25, -0.2) is 0 Å². The number of rotatable bonds is 4. The van der Waals surface area contributed by atoms with E-state index in [0.717, 1.165) is 37.9 Å². The highest BCUT2D eigenvalue weighted by Crippen LogP contribution is 2.21. The molecule has 1 fully saturated rings. The number of nitrogens with zero attached hydrogens (tertiary/aromatic N) is 2. The van der Waals surface area contributed by atoms with Crippen molar-refractivity contribution in [1.29, 1.82) is 0 Å². The highest BCUT2D eigenvalue weighted by atomic mass is 16.2. The molecule has 0 N–H and O–H groups in total. The lowest BCUT2D eigenvalue weighted by Crippen LogP contribution is -2.44. The van der Waals surface area contributed by atoms with Gasteiger partial charge in [-0.3, -0.25) is 4.79 Å². The largest absolute Gasteiger partial charge is 0.339 e. The number of likely N-dealkylation sites (tertiary alicyclic amines) is 1. The Bertz CT molecular complexity index is 459. The van der Waals surface area contributed by atoms with Crippen LogP contribution in [0.2, 0.25) is 0 Å². The van der Waals surface area contributed by atoms with E-state index in [1.165, 1.54) is 5.56 Å². The SMILES string of the molecule is CCC(C)c1ccc(C(=O)N2CCC(N(C)C)CC2)cc1. The molecular weight excluding hydrogens is 260 g/mol. The second-order valence-electron chi connectivity index (χ2n) is 6.42. The van der Waals surface area contributed by atoms with E-state index in [0.29, 0.717) is 12.0 Å². The molecule has 1 atom stereocenters. The summed E-state index contributed by atoms with van der Waals surface area (Å²) in [6.07, 6.45) is 3.28. The van der Waals surface area contributed by atoms with Crippen molar-refractivity contribution >= 4 is 5.91 Å². The molecule has 2 rings (SSSR count). The summed E-state index contributed by atoms with van der Waals surface area (Å²) >= 11 is 0. The van der Waals surface area contributed by atoms with Gasteiger partial charge in [0.1, 0.15) is 0 Å². The molecule has 0 radical (unpaired) electrons. The van der Waals surface area contributed by atoms with Crippen LogP contribution in [-0.2, 0) is 0 Å². The lowest BCUT2D eigenvalue weighted by atomic mass is 9.97. The topological polar surface area (TPSA) is 23.6 Å². The molecule has 0 aromatic heterocycles. The Labute approximate surface area is 128 Å². The first-order valence-corrected chi connectivity index (χ1v) is 8.08. The van der Waals surface area contributed by atoms with Crippen molar-refractivity contribution in [2.45, 2.75) is 45.1 Å². The quantitative estimate of drug-likeness (QED) is 0.848. The van der Waals surface area contributed by atoms with E-state index in [1.54, 1.807) is 0 Å². The number of carbonyl (C=O) groups is 1. The van der Waals surface area contributed by atoms with E-state index in [1.807, 2.05) is 17.0 Å². The number of carbonyl (C=O) groups excluding carboxylic acids is 1. The van der Waals surface area contributed by atoms with Crippen molar-refractivity contribution < 1.29 is 4.79 Å². The molecule has 1 aromatic carbocycles. The first-order valence-electron chi connectivity index (χ1n) is 8.08. The molecule has 1 heterocycles. The van der Waals surface area contributed by atoms with Crippen LogP contribution >= 0.6 is 0 Å². The predicted octanol–water partition coefficient (Wildman–Crippen LogP) is 3.37. The zero-order valence-corrected chi connectivity index (χ0v) is 13.8. The maximum Gasteiger partial charge on any atom is 0.253 e. The number of hydrogen-bond donors (Lipinski definition) is 0. The van der Waals surface area contributed by atoms with Crippen LogP contribution in [-0.4, -0.2) is 48.9 Å². The molecule has 0 saturated carbocycles. The van der Waals surface area contributed by atoms with Crippen LogP contribution in [0.1, 0.15) is 54.9 Å². The van der Waals surface area contributed by atoms with Crippen molar-refractivity contribution in [2.75, 3.05) is 27.2 Å². The van der Waals surface area contributed by atoms with Gasteiger partial charge in [-0.05, 0) is 57.0 Å². The lowest BCUT2D eigenvalue weighted by molar-refractivity contribution is 0.0663. The summed E-state index contributed by atoms with van der Waals surface area (Å²) in [4.78, 5) is 16.8. The van der Waals surface area contributed by atoms with Gasteiger partial charge in [-0.15, -0.1) is 0 Å². The van der Waals surface area contributed by atoms with E-state index in [9.17, 15) is 4.79 Å². The fraction of sp³-hybridized carbons (Fsp3) is 0.611. The molecule has 1 aromatic rings. The summed E-state index contributed by atoms with van der Waals surface area (Å²) < 4.78 is 0. The molecule has 1 amide bonds. The van der Waals surface area contributed by atoms with Crippen LogP contribution in [0, 0.1) is 0 Å². The fourth-order valence-electron chi connectivity index (χ4n) is 2.96. The van der Waals surface area contributed by atoms with Gasteiger partial charge in [0, 0.05) is 24.7 Å². The Morgan fingerprint density at radius 1 is 1.24 bits per heavy atom. The third-order valence-electron chi connectivity index (χ3n) is 4.82. The molecule has 1 aliphatic rings. The molecule has 1 unspecified atom stereocenters. The van der Waals surface area contributed by atoms with Gasteiger partial charge in [-0.2, -0.15) is 0 Å². The summed E-state index contributed by atoms with van der Waals surface area (Å²) in [7, 11) is 4.24. The van der Waals surface area contributed by atoms with Gasteiger partial charge < -0.3 is 9.80 Å². The Hall–Kier alpha value is -1.35. The van der Waals surface area contributed by atoms with E-state index in [4.69, 9.17) is 0 Å². The molecule has 21 heavy (non-hydrogen) atoms. The van der Waals surface area contributed by atoms with Gasteiger partial charge in [-0.1, -0.05) is 26.0 Å². The van der Waals surface area contributed by atoms with Gasteiger partial charge in [0.15, 0.2) is 0 Å². The van der Waals surface area contributed by atoms with Crippen molar-refractivity contribution in [3.63, 3.8) is 0 Å². The van der Waals surface area contributed by atoms with Crippen LogP contribution in [0.3, 0.4) is 0 Å². The minimum Gasteiger partial charge on any atom is -0.339 e. The molecule has 1 aliphatic heterocycles. The summed E-state index contributed by atoms with van der Waals surface area (Å²) in [5, 5.41) is 0. The van der Waals surface area contributed by atoms with E-state index < -0.39 is 0 Å². The molecular formula is C18H28N2O. The van der Waals surface area contributed by atoms with E-state index in [-0.39, 0.29) is 5.91 Å². The summed E-state index contributed by atoms with van der Waals surface area (Å²) in [6.45, 7) is 6.16. The first kappa shape index (κ1) is 16.0. The Balaban J connectivity index is 1.98. The second-order valence-corrected chi connectivity index (χ2v) is 6.42. The molecule has 3 heteroatoms. The normalized spacial score (nSPS) is 18.0. The van der Waals surface area contributed by atoms with Crippen molar-refractivity contribution in [3.8, 4) is 0 Å². The summed E-state index contributed by atoms with van der Waals surface area (Å²) in [5.41, 5.74) is 2.14. The number of piperidine rings is 1. The van der Waals surface area contributed by atoms with Gasteiger partial charge in [0.05, 0.1) is 0 Å². The second kappa shape index (κ2) is 7.08. The number of hydrogen-bond acceptors (Lipinski definition) is 2. The minimum absolute atomic E-state index is 0.183. The van der Waals surface area contributed by atoms with Gasteiger partial charge in [0.25, 0.3) is 5.91 Å². The Morgan fingerprint density at radius 3 is 2.29 bits per heavy atom. The maximum atomic E-state index is 12.5. The number of amides is 1. The van der Waals surface area contributed by atoms with Crippen molar-refractivity contribution in [2.24, 2.45) is 0 Å². The number of benzene rings is 1. The van der Waals surface area contributed by atoms with E-state index in [2.05, 4.69) is 45.0 Å². The highest BCUT2D eigenvalue weighted by Gasteiger charge is 2.24. The van der Waals surface area contributed by atoms with Crippen LogP contribution in [0.15, 0.2) is 24.3 Å². The van der Waals surface area contributed by atoms with Crippen LogP contribution in [0.4, 0.5) is 0 Å². The van der Waals surface area contributed by atoms with Crippen molar-refractivity contribution in [1.82, 2.24) is 9.80 Å². The Kier molecular flexibility index (Phi) is 5.40. The maximum absolute atomic E-state index is 12.5. The molecule has 1 saturated heterocycles. The van der Waals surface area contributed by atoms with Crippen LogP contribution in [0.25, 0.3) is 0 Å². The molecule has 3 nitrogen and oxygen atoms in total. The molecule has 116 valence electrons. The molecule has 0 bridgehead atoms. The first-order chi connectivity index (χ1) is 10.0. The smallest absolute Gasteiger partial charge is 0.253 e. The average Bonchev–Trinajstić information content (AvgIpc) is 2.53. The minimum atomic E-state index is 0.183. The van der Waals surface area contributed by atoms with Gasteiger partial charge in [0.2, 0.25) is 0 Å². The average molecular weight is 288 g/mol. The fourth-order valence-corrected chi connectivity index (χ4v) is 2.96. The third-order valence-corrected chi connectivity index (χ3v) is 4.82. The predicted molar refractivity (Wildman–Crippen MR) is 87.8 cm³/mol. The van der Waals surface area contributed by atoms with E-state index >= 15 is 0 Å². The standard InChI is InChI=1S/C18H28N2O/c1-5-14(2)15-6-8-16(9-7-15)18(21)20-12-10-17(11-13-20)19(3)4/h6-9,14,17H,5,10-13H2,1-4H3. The third kappa shape index (κ3) is 3.85. The highest BCUT2D eigenvalue weighted by molar-refractivity contribution is 5.94. The monoisotopic (exact) mass is 288 g/mol. The summed E-state index contributed by atoms with van der Waals surface area (Å²) in [5.74, 6) is 0.743. The van der Waals surface area contributed by atoms with Crippen molar-refractivity contribution in [3.05, 3.63) is 35.4 Å². The van der Waals surface area contributed by atoms with Crippen LogP contribution < -0.4 is 0 Å². The van der Waals surface area contributed by atoms with Crippen LogP contribution in [0.5, 0.6) is 0 Å². The lowest BCUT2D eigenvalue weighted by Gasteiger charge is -2.35. The zero-order valence-electron chi connectivity index (χ0n) is 13.8. The van der Waals surface area contributed by atoms with Gasteiger partial charge >= 0.3 is 0 Å². The molecule has 0 aliphatic carbocycles. The summed E-state index contributed by atoms with van der Waals surface area (Å²) in [6, 6.07) is 8.80.